The molecule has 0 aliphatic carbocycles. The van der Waals surface area contributed by atoms with Crippen LogP contribution in [0.5, 0.6) is 0 Å². The maximum absolute atomic E-state index is 12.9. The maximum atomic E-state index is 12.9. The van der Waals surface area contributed by atoms with Crippen LogP contribution in [-0.4, -0.2) is 21.8 Å². The van der Waals surface area contributed by atoms with Crippen molar-refractivity contribution in [3.05, 3.63) is 69.9 Å². The zero-order valence-corrected chi connectivity index (χ0v) is 19.6. The van der Waals surface area contributed by atoms with Crippen LogP contribution in [0.2, 0.25) is 0 Å². The predicted octanol–water partition coefficient (Wildman–Crippen LogP) is 5.50. The Balaban J connectivity index is 1.76. The second-order valence-electron chi connectivity index (χ2n) is 8.40. The quantitative estimate of drug-likeness (QED) is 0.479. The van der Waals surface area contributed by atoms with E-state index in [9.17, 15) is 22.8 Å². The molecule has 0 saturated carbocycles. The fraction of sp³-hybridized carbons (Fsp3) is 0.250. The first-order chi connectivity index (χ1) is 15.8. The summed E-state index contributed by atoms with van der Waals surface area (Å²) in [4.78, 5) is 33.2. The van der Waals surface area contributed by atoms with E-state index in [0.717, 1.165) is 23.9 Å². The molecule has 2 aromatic heterocycles. The van der Waals surface area contributed by atoms with Crippen molar-refractivity contribution >= 4 is 34.1 Å². The third-order valence-corrected chi connectivity index (χ3v) is 5.38. The third-order valence-electron chi connectivity index (χ3n) is 4.56. The number of amides is 2. The number of benzene rings is 1. The Kier molecular flexibility index (Phi) is 7.07. The van der Waals surface area contributed by atoms with Crippen molar-refractivity contribution in [1.29, 1.82) is 0 Å². The summed E-state index contributed by atoms with van der Waals surface area (Å²) in [5, 5.41) is 5.56. The van der Waals surface area contributed by atoms with E-state index in [0.29, 0.717) is 15.6 Å². The van der Waals surface area contributed by atoms with Crippen molar-refractivity contribution in [1.82, 2.24) is 9.97 Å². The van der Waals surface area contributed by atoms with Gasteiger partial charge in [0, 0.05) is 22.7 Å². The highest BCUT2D eigenvalue weighted by Crippen LogP contribution is 2.30. The van der Waals surface area contributed by atoms with Gasteiger partial charge in [0.1, 0.15) is 5.82 Å². The van der Waals surface area contributed by atoms with Crippen molar-refractivity contribution in [2.75, 3.05) is 10.6 Å². The molecule has 34 heavy (non-hydrogen) atoms. The van der Waals surface area contributed by atoms with Gasteiger partial charge in [-0.25, -0.2) is 9.97 Å². The van der Waals surface area contributed by atoms with E-state index in [2.05, 4.69) is 32.4 Å². The van der Waals surface area contributed by atoms with Crippen LogP contribution >= 0.6 is 11.3 Å². The van der Waals surface area contributed by atoms with Crippen LogP contribution in [0.15, 0.2) is 42.7 Å². The van der Waals surface area contributed by atoms with E-state index >= 15 is 0 Å². The number of halogens is 3. The highest BCUT2D eigenvalue weighted by atomic mass is 32.1. The number of nitrogens with zero attached hydrogens (tertiary/aromatic N) is 2. The fourth-order valence-electron chi connectivity index (χ4n) is 2.56. The summed E-state index contributed by atoms with van der Waals surface area (Å²) in [5.74, 6) is 4.96. The van der Waals surface area contributed by atoms with Gasteiger partial charge in [0.2, 0.25) is 5.91 Å². The molecule has 176 valence electrons. The number of thiazole rings is 1. The van der Waals surface area contributed by atoms with Crippen molar-refractivity contribution < 1.29 is 22.8 Å². The summed E-state index contributed by atoms with van der Waals surface area (Å²) in [5.41, 5.74) is 0.136. The fourth-order valence-corrected chi connectivity index (χ4v) is 3.23. The van der Waals surface area contributed by atoms with E-state index in [1.165, 1.54) is 11.3 Å². The molecule has 0 saturated heterocycles. The van der Waals surface area contributed by atoms with E-state index < -0.39 is 23.1 Å². The second kappa shape index (κ2) is 9.65. The molecule has 0 aliphatic rings. The average molecular weight is 487 g/mol. The maximum Gasteiger partial charge on any atom is 0.416 e. The number of nitrogens with one attached hydrogen (secondary N) is 2. The Bertz CT molecular complexity index is 1300. The van der Waals surface area contributed by atoms with Gasteiger partial charge in [0.05, 0.1) is 16.6 Å². The van der Waals surface area contributed by atoms with Gasteiger partial charge in [0.25, 0.3) is 5.91 Å². The van der Waals surface area contributed by atoms with E-state index in [1.807, 2.05) is 6.92 Å². The molecule has 0 bridgehead atoms. The van der Waals surface area contributed by atoms with Gasteiger partial charge in [0.15, 0.2) is 5.13 Å². The third kappa shape index (κ3) is 6.42. The van der Waals surface area contributed by atoms with Crippen molar-refractivity contribution in [3.8, 4) is 11.8 Å². The van der Waals surface area contributed by atoms with Crippen LogP contribution in [-0.2, 0) is 11.0 Å². The zero-order chi connectivity index (χ0) is 25.1. The monoisotopic (exact) mass is 486 g/mol. The molecule has 3 rings (SSSR count). The Hall–Kier alpha value is -3.71. The molecule has 1 aromatic carbocycles. The highest BCUT2D eigenvalue weighted by molar-refractivity contribution is 7.16. The largest absolute Gasteiger partial charge is 0.416 e. The summed E-state index contributed by atoms with van der Waals surface area (Å²) < 4.78 is 38.7. The standard InChI is InChI=1S/C24H21F3N4O2S/c1-14-5-6-16(20(32)30-19-12-17(9-10-28-19)24(25,26)27)11-15(14)7-8-18-13-29-22(34-18)31-21(33)23(2,3)4/h5-6,9-13H,1-4H3,(H,28,30,32)(H,29,31,33). The first-order valence-electron chi connectivity index (χ1n) is 10.1. The Morgan fingerprint density at radius 1 is 1.00 bits per heavy atom. The number of alkyl halides is 3. The topological polar surface area (TPSA) is 84.0 Å². The van der Waals surface area contributed by atoms with Crippen molar-refractivity contribution in [2.45, 2.75) is 33.9 Å². The molecule has 0 spiro atoms. The normalized spacial score (nSPS) is 11.4. The predicted molar refractivity (Wildman–Crippen MR) is 125 cm³/mol. The number of carbonyl (C=O) groups is 2. The minimum absolute atomic E-state index is 0.161. The summed E-state index contributed by atoms with van der Waals surface area (Å²) in [6.45, 7) is 7.21. The van der Waals surface area contributed by atoms with Crippen molar-refractivity contribution in [3.63, 3.8) is 0 Å². The molecular weight excluding hydrogens is 465 g/mol. The number of carbonyl (C=O) groups excluding carboxylic acids is 2. The first-order valence-corrected chi connectivity index (χ1v) is 10.9. The SMILES string of the molecule is Cc1ccc(C(=O)Nc2cc(C(F)(F)F)ccn2)cc1C#Cc1cnc(NC(=O)C(C)(C)C)s1. The number of pyridine rings is 1. The lowest BCUT2D eigenvalue weighted by Crippen LogP contribution is -2.27. The van der Waals surface area contributed by atoms with E-state index in [4.69, 9.17) is 0 Å². The van der Waals surface area contributed by atoms with Gasteiger partial charge in [-0.3, -0.25) is 9.59 Å². The average Bonchev–Trinajstić information content (AvgIpc) is 3.19. The summed E-state index contributed by atoms with van der Waals surface area (Å²) >= 11 is 1.22. The molecule has 2 amide bonds. The molecule has 0 aliphatic heterocycles. The van der Waals surface area contributed by atoms with E-state index in [1.54, 1.807) is 45.2 Å². The van der Waals surface area contributed by atoms with E-state index in [-0.39, 0.29) is 17.3 Å². The number of hydrogen-bond donors (Lipinski definition) is 2. The first kappa shape index (κ1) is 24.9. The number of aromatic nitrogens is 2. The minimum atomic E-state index is -4.54. The molecule has 2 heterocycles. The number of rotatable bonds is 3. The van der Waals surface area contributed by atoms with Crippen LogP contribution < -0.4 is 10.6 Å². The number of hydrogen-bond acceptors (Lipinski definition) is 5. The molecule has 0 fully saturated rings. The lowest BCUT2D eigenvalue weighted by molar-refractivity contribution is -0.137. The summed E-state index contributed by atoms with van der Waals surface area (Å²) in [6.07, 6.45) is -2.01. The number of anilines is 2. The second-order valence-corrected chi connectivity index (χ2v) is 9.43. The van der Waals surface area contributed by atoms with Crippen LogP contribution in [0, 0.1) is 24.2 Å². The zero-order valence-electron chi connectivity index (χ0n) is 18.8. The molecule has 0 unspecified atom stereocenters. The van der Waals surface area contributed by atoms with Gasteiger partial charge in [-0.05, 0) is 42.7 Å². The Labute approximate surface area is 198 Å². The highest BCUT2D eigenvalue weighted by Gasteiger charge is 2.31. The van der Waals surface area contributed by atoms with Gasteiger partial charge < -0.3 is 10.6 Å². The Morgan fingerprint density at radius 3 is 2.41 bits per heavy atom. The van der Waals surface area contributed by atoms with Gasteiger partial charge >= 0.3 is 6.18 Å². The smallest absolute Gasteiger partial charge is 0.307 e. The van der Waals surface area contributed by atoms with Crippen molar-refractivity contribution in [2.24, 2.45) is 5.41 Å². The van der Waals surface area contributed by atoms with Crippen LogP contribution in [0.4, 0.5) is 24.1 Å². The lowest BCUT2D eigenvalue weighted by atomic mass is 9.96. The molecule has 2 N–H and O–H groups in total. The molecule has 6 nitrogen and oxygen atoms in total. The minimum Gasteiger partial charge on any atom is -0.307 e. The van der Waals surface area contributed by atoms with Gasteiger partial charge in [-0.1, -0.05) is 44.1 Å². The molecular formula is C24H21F3N4O2S. The van der Waals surface area contributed by atoms with Crippen LogP contribution in [0.1, 0.15) is 52.7 Å². The number of aryl methyl sites for hydroxylation is 1. The molecule has 3 aromatic rings. The molecule has 10 heteroatoms. The Morgan fingerprint density at radius 2 is 1.74 bits per heavy atom. The summed E-state index contributed by atoms with van der Waals surface area (Å²) in [7, 11) is 0. The van der Waals surface area contributed by atoms with Gasteiger partial charge in [-0.2, -0.15) is 13.2 Å². The van der Waals surface area contributed by atoms with Crippen LogP contribution in [0.3, 0.4) is 0 Å². The summed E-state index contributed by atoms with van der Waals surface area (Å²) in [6, 6.07) is 6.40. The lowest BCUT2D eigenvalue weighted by Gasteiger charge is -2.15. The molecule has 0 atom stereocenters. The van der Waals surface area contributed by atoms with Gasteiger partial charge in [-0.15, -0.1) is 0 Å². The van der Waals surface area contributed by atoms with Crippen LogP contribution in [0.25, 0.3) is 0 Å². The molecule has 0 radical (unpaired) electrons.